The molecule has 25 nitrogen and oxygen atoms in total. The average Bonchev–Trinajstić information content (AvgIpc) is 2.00. The monoisotopic (exact) mass is 1210 g/mol. The number of methoxy groups -OCH3 is 2. The number of carbonyl (C=O) groups excluding carboxylic acids is 9. The number of hydrogen-bond donors (Lipinski definition) is 8. The number of benzene rings is 2. The smallest absolute Gasteiger partial charge is 0.410 e. The third-order valence-corrected chi connectivity index (χ3v) is 15.8. The minimum atomic E-state index is -1.10. The molecular formula is C61H97N11O14. The van der Waals surface area contributed by atoms with Crippen LogP contribution in [0.2, 0.25) is 0 Å². The fraction of sp³-hybridized carbons (Fsp3) is 0.639. The van der Waals surface area contributed by atoms with E-state index in [1.165, 1.54) is 26.2 Å². The van der Waals surface area contributed by atoms with Crippen molar-refractivity contribution in [1.82, 2.24) is 41.3 Å². The molecular weight excluding hydrogens is 1110 g/mol. The highest BCUT2D eigenvalue weighted by atomic mass is 16.6. The van der Waals surface area contributed by atoms with E-state index in [4.69, 9.17) is 19.9 Å². The van der Waals surface area contributed by atoms with E-state index in [2.05, 4.69) is 48.6 Å². The number of oxime groups is 1. The Kier molecular flexibility index (Phi) is 30.4. The second kappa shape index (κ2) is 35.9. The van der Waals surface area contributed by atoms with Crippen molar-refractivity contribution in [2.75, 3.05) is 53.3 Å². The lowest BCUT2D eigenvalue weighted by Gasteiger charge is -2.41. The third-order valence-electron chi connectivity index (χ3n) is 15.8. The Morgan fingerprint density at radius 2 is 1.42 bits per heavy atom. The van der Waals surface area contributed by atoms with E-state index in [1.54, 1.807) is 109 Å². The van der Waals surface area contributed by atoms with Gasteiger partial charge in [0.15, 0.2) is 6.61 Å². The molecule has 2 aromatic rings. The third kappa shape index (κ3) is 21.5. The number of amides is 10. The Morgan fingerprint density at radius 3 is 1.98 bits per heavy atom. The van der Waals surface area contributed by atoms with Crippen molar-refractivity contribution < 1.29 is 67.3 Å². The molecule has 9 N–H and O–H groups in total. The number of anilines is 1. The van der Waals surface area contributed by atoms with Crippen LogP contribution in [-0.2, 0) is 59.2 Å². The number of nitrogens with one attached hydrogen (secondary N) is 6. The van der Waals surface area contributed by atoms with Gasteiger partial charge in [0.25, 0.3) is 5.91 Å². The van der Waals surface area contributed by atoms with Crippen LogP contribution < -0.4 is 37.6 Å². The molecule has 1 aliphatic rings. The topological polar surface area (TPSA) is 331 Å². The van der Waals surface area contributed by atoms with Crippen molar-refractivity contribution in [1.29, 1.82) is 0 Å². The first-order valence-electron chi connectivity index (χ1n) is 29.6. The standard InChI is InChI=1S/C61H97N11O14/c1-16-38(8)52(46(83-14)32-48(74)72-31-21-25-45(72)54(84-15)39(9)55(76)65-40(10)53(75)42-22-18-17-19-23-42)70(12)59(80)50(36(4)5)69-58(79)51(37(6)7)71(13)61(82)85-33-41-26-28-43(29-27-41)66-56(77)44(24-20-30-64-60(62)81)67-57(78)49(35(2)3)68-47(73)34-86-63-11/h17-19,22-23,26-29,35-40,44-46,49-54,75H,11,16,20-21,24-25,30-34H2,1-10,12-15H3,(H,65,76)(H,66,77)(H,67,78)(H,68,73)(H,69,79)(H3,62,64,81)/t38-,39+,40?,44-,45?,46?,49-,50-,51-,52?,53+,54+/m0/s1. The maximum Gasteiger partial charge on any atom is 0.410 e. The molecule has 480 valence electrons. The van der Waals surface area contributed by atoms with E-state index in [1.807, 2.05) is 32.0 Å². The van der Waals surface area contributed by atoms with E-state index in [0.29, 0.717) is 42.6 Å². The molecule has 10 amide bonds. The van der Waals surface area contributed by atoms with Gasteiger partial charge in [-0.25, -0.2) is 9.59 Å². The van der Waals surface area contributed by atoms with E-state index in [0.717, 1.165) is 0 Å². The van der Waals surface area contributed by atoms with Crippen molar-refractivity contribution in [3.8, 4) is 0 Å². The molecule has 1 saturated heterocycles. The van der Waals surface area contributed by atoms with Crippen molar-refractivity contribution in [3.63, 3.8) is 0 Å². The lowest BCUT2D eigenvalue weighted by Crippen LogP contribution is -2.60. The minimum Gasteiger partial charge on any atom is -0.445 e. The molecule has 86 heavy (non-hydrogen) atoms. The summed E-state index contributed by atoms with van der Waals surface area (Å²) in [6.45, 7) is 21.0. The van der Waals surface area contributed by atoms with Crippen LogP contribution in [0.1, 0.15) is 125 Å². The number of carbonyl (C=O) groups is 9. The first-order valence-corrected chi connectivity index (χ1v) is 29.6. The van der Waals surface area contributed by atoms with Gasteiger partial charge in [-0.05, 0) is 79.5 Å². The van der Waals surface area contributed by atoms with Gasteiger partial charge in [0, 0.05) is 53.8 Å². The molecule has 1 heterocycles. The average molecular weight is 1210 g/mol. The number of nitrogens with zero attached hydrogens (tertiary/aromatic N) is 4. The molecule has 12 atom stereocenters. The predicted molar refractivity (Wildman–Crippen MR) is 325 cm³/mol. The maximum absolute atomic E-state index is 14.8. The summed E-state index contributed by atoms with van der Waals surface area (Å²) in [5, 5.41) is 30.5. The van der Waals surface area contributed by atoms with Crippen LogP contribution in [0.25, 0.3) is 0 Å². The Balaban J connectivity index is 1.71. The summed E-state index contributed by atoms with van der Waals surface area (Å²) in [5.41, 5.74) is 6.74. The van der Waals surface area contributed by atoms with Crippen LogP contribution in [0.4, 0.5) is 15.3 Å². The Hall–Kier alpha value is -7.38. The normalized spacial score (nSPS) is 17.0. The highest BCUT2D eigenvalue weighted by Crippen LogP contribution is 2.30. The molecule has 0 saturated carbocycles. The summed E-state index contributed by atoms with van der Waals surface area (Å²) < 4.78 is 17.7. The number of urea groups is 1. The van der Waals surface area contributed by atoms with Gasteiger partial charge in [0.2, 0.25) is 35.4 Å². The van der Waals surface area contributed by atoms with Gasteiger partial charge in [0.05, 0.1) is 48.8 Å². The van der Waals surface area contributed by atoms with Gasteiger partial charge >= 0.3 is 12.1 Å². The fourth-order valence-electron chi connectivity index (χ4n) is 10.8. The molecule has 25 heteroatoms. The molecule has 0 bridgehead atoms. The van der Waals surface area contributed by atoms with Gasteiger partial charge in [-0.3, -0.25) is 38.5 Å². The number of ether oxygens (including phenoxy) is 3. The minimum absolute atomic E-state index is 0.0870. The molecule has 1 aliphatic heterocycles. The van der Waals surface area contributed by atoms with E-state index in [9.17, 15) is 48.3 Å². The van der Waals surface area contributed by atoms with Gasteiger partial charge in [-0.15, -0.1) is 5.16 Å². The number of nitrogens with two attached hydrogens (primary N) is 1. The number of likely N-dealkylation sites (tertiary alicyclic amines) is 1. The molecule has 0 spiro atoms. The van der Waals surface area contributed by atoms with E-state index in [-0.39, 0.29) is 56.1 Å². The number of hydrogen-bond acceptors (Lipinski definition) is 15. The lowest BCUT2D eigenvalue weighted by atomic mass is 9.89. The van der Waals surface area contributed by atoms with Crippen molar-refractivity contribution in [3.05, 3.63) is 65.7 Å². The Morgan fingerprint density at radius 1 is 0.779 bits per heavy atom. The van der Waals surface area contributed by atoms with E-state index < -0.39 is 127 Å². The molecule has 3 rings (SSSR count). The molecule has 0 aromatic heterocycles. The number of rotatable bonds is 35. The number of aliphatic hydroxyl groups excluding tert-OH is 1. The van der Waals surface area contributed by atoms with Gasteiger partial charge < -0.3 is 71.6 Å². The number of aliphatic hydroxyl groups is 1. The summed E-state index contributed by atoms with van der Waals surface area (Å²) >= 11 is 0. The summed E-state index contributed by atoms with van der Waals surface area (Å²) in [7, 11) is 6.08. The van der Waals surface area contributed by atoms with Gasteiger partial charge in [-0.2, -0.15) is 0 Å². The quantitative estimate of drug-likeness (QED) is 0.0272. The lowest BCUT2D eigenvalue weighted by molar-refractivity contribution is -0.148. The van der Waals surface area contributed by atoms with Crippen LogP contribution in [0.5, 0.6) is 0 Å². The number of likely N-dealkylation sites (N-methyl/N-ethyl adjacent to an activating group) is 2. The van der Waals surface area contributed by atoms with Crippen molar-refractivity contribution >= 4 is 65.9 Å². The molecule has 2 aromatic carbocycles. The highest BCUT2D eigenvalue weighted by molar-refractivity contribution is 5.98. The van der Waals surface area contributed by atoms with Crippen LogP contribution in [0.15, 0.2) is 59.8 Å². The molecule has 4 unspecified atom stereocenters. The van der Waals surface area contributed by atoms with E-state index >= 15 is 0 Å². The Bertz CT molecular complexity index is 2540. The SMILES string of the molecule is C=NOCC(=O)N[C@H](C(=O)N[C@@H](CCCNC(N)=O)C(=O)Nc1ccc(COC(=O)N(C)[C@H](C(=O)N[C@H](C(=O)N(C)C(C(CC(=O)N2CCCC2[C@H](OC)[C@@H](C)C(=O)NC(C)[C@@H](O)c2ccccc2)OC)[C@@H](C)CC)C(C)C)C(C)C)cc1)C(C)C. The van der Waals surface area contributed by atoms with Crippen LogP contribution >= 0.6 is 0 Å². The fourth-order valence-corrected chi connectivity index (χ4v) is 10.8. The predicted octanol–water partition coefficient (Wildman–Crippen LogP) is 4.22. The van der Waals surface area contributed by atoms with Crippen LogP contribution in [0, 0.1) is 29.6 Å². The summed E-state index contributed by atoms with van der Waals surface area (Å²) in [6, 6.07) is 8.75. The summed E-state index contributed by atoms with van der Waals surface area (Å²) in [4.78, 5) is 131. The van der Waals surface area contributed by atoms with Crippen LogP contribution in [0.3, 0.4) is 0 Å². The summed E-state index contributed by atoms with van der Waals surface area (Å²) in [5.74, 6) is -5.50. The zero-order chi connectivity index (χ0) is 64.5. The second-order valence-electron chi connectivity index (χ2n) is 23.2. The van der Waals surface area contributed by atoms with Crippen molar-refractivity contribution in [2.24, 2.45) is 40.5 Å². The van der Waals surface area contributed by atoms with Crippen molar-refractivity contribution in [2.45, 2.75) is 175 Å². The zero-order valence-corrected chi connectivity index (χ0v) is 52.8. The molecule has 0 radical (unpaired) electrons. The Labute approximate surface area is 507 Å². The van der Waals surface area contributed by atoms with Crippen LogP contribution in [-0.4, -0.2) is 183 Å². The first kappa shape index (κ1) is 72.9. The largest absolute Gasteiger partial charge is 0.445 e. The first-order chi connectivity index (χ1) is 40.6. The second-order valence-corrected chi connectivity index (χ2v) is 23.2. The van der Waals surface area contributed by atoms with Gasteiger partial charge in [0.1, 0.15) is 30.8 Å². The highest BCUT2D eigenvalue weighted by Gasteiger charge is 2.44. The van der Waals surface area contributed by atoms with Gasteiger partial charge in [-0.1, -0.05) is 111 Å². The molecule has 1 fully saturated rings. The number of primary amides is 1. The molecule has 0 aliphatic carbocycles. The maximum atomic E-state index is 14.8. The summed E-state index contributed by atoms with van der Waals surface area (Å²) in [6.07, 6.45) is -1.02. The zero-order valence-electron chi connectivity index (χ0n) is 52.8.